The summed E-state index contributed by atoms with van der Waals surface area (Å²) in [5.41, 5.74) is 1.79. The van der Waals surface area contributed by atoms with E-state index in [4.69, 9.17) is 0 Å². The molecular weight excluding hydrogens is 292 g/mol. The Bertz CT molecular complexity index is 673. The zero-order chi connectivity index (χ0) is 14.8. The number of rotatable bonds is 5. The van der Waals surface area contributed by atoms with Gasteiger partial charge in [0.2, 0.25) is 10.0 Å². The smallest absolute Gasteiger partial charge is 0.240 e. The second kappa shape index (κ2) is 6.03. The van der Waals surface area contributed by atoms with Gasteiger partial charge in [-0.1, -0.05) is 31.5 Å². The lowest BCUT2D eigenvalue weighted by molar-refractivity contribution is 0.580. The molecule has 0 aliphatic carbocycles. The third kappa shape index (κ3) is 3.65. The fourth-order valence-electron chi connectivity index (χ4n) is 1.64. The highest BCUT2D eigenvalue weighted by molar-refractivity contribution is 7.89. The zero-order valence-electron chi connectivity index (χ0n) is 11.8. The molecule has 2 rings (SSSR count). The quantitative estimate of drug-likeness (QED) is 0.923. The highest BCUT2D eigenvalue weighted by Gasteiger charge is 2.14. The number of nitrogens with one attached hydrogen (secondary N) is 1. The van der Waals surface area contributed by atoms with Crippen LogP contribution in [0.2, 0.25) is 0 Å². The van der Waals surface area contributed by atoms with Gasteiger partial charge in [0.25, 0.3) is 0 Å². The van der Waals surface area contributed by atoms with Crippen LogP contribution in [-0.2, 0) is 16.6 Å². The van der Waals surface area contributed by atoms with E-state index in [0.717, 1.165) is 16.3 Å². The van der Waals surface area contributed by atoms with Crippen molar-refractivity contribution in [1.82, 2.24) is 9.71 Å². The van der Waals surface area contributed by atoms with Crippen molar-refractivity contribution in [2.75, 3.05) is 0 Å². The lowest BCUT2D eigenvalue weighted by Crippen LogP contribution is -2.23. The molecule has 0 aliphatic rings. The molecule has 0 bridgehead atoms. The Hall–Kier alpha value is -1.24. The zero-order valence-corrected chi connectivity index (χ0v) is 13.4. The number of sulfonamides is 1. The Morgan fingerprint density at radius 1 is 1.25 bits per heavy atom. The van der Waals surface area contributed by atoms with Gasteiger partial charge in [-0.2, -0.15) is 0 Å². The molecule has 0 atom stereocenters. The topological polar surface area (TPSA) is 59.1 Å². The molecule has 4 nitrogen and oxygen atoms in total. The van der Waals surface area contributed by atoms with Gasteiger partial charge >= 0.3 is 0 Å². The summed E-state index contributed by atoms with van der Waals surface area (Å²) < 4.78 is 26.8. The first-order valence-electron chi connectivity index (χ1n) is 6.39. The standard InChI is InChI=1S/C14H18N2O2S2/c1-10(2)14-16-12(9-19-14)8-15-20(17,18)13-6-4-11(3)5-7-13/h4-7,9-10,15H,8H2,1-3H3. The molecule has 108 valence electrons. The number of aryl methyl sites for hydroxylation is 1. The van der Waals surface area contributed by atoms with Gasteiger partial charge in [0, 0.05) is 11.3 Å². The third-order valence-electron chi connectivity index (χ3n) is 2.84. The Kier molecular flexibility index (Phi) is 4.57. The first kappa shape index (κ1) is 15.2. The Morgan fingerprint density at radius 3 is 2.45 bits per heavy atom. The maximum Gasteiger partial charge on any atom is 0.240 e. The molecule has 1 aromatic heterocycles. The van der Waals surface area contributed by atoms with Gasteiger partial charge in [-0.05, 0) is 19.1 Å². The fraction of sp³-hybridized carbons (Fsp3) is 0.357. The van der Waals surface area contributed by atoms with Crippen LogP contribution in [0.15, 0.2) is 34.5 Å². The molecule has 0 unspecified atom stereocenters. The molecule has 2 aromatic rings. The molecule has 1 N–H and O–H groups in total. The third-order valence-corrected chi connectivity index (χ3v) is 5.45. The molecule has 0 spiro atoms. The predicted molar refractivity (Wildman–Crippen MR) is 81.4 cm³/mol. The molecule has 1 aromatic carbocycles. The van der Waals surface area contributed by atoms with E-state index in [1.807, 2.05) is 12.3 Å². The molecule has 1 heterocycles. The van der Waals surface area contributed by atoms with Gasteiger partial charge in [-0.15, -0.1) is 11.3 Å². The summed E-state index contributed by atoms with van der Waals surface area (Å²) in [5.74, 6) is 0.363. The molecule has 0 radical (unpaired) electrons. The van der Waals surface area contributed by atoms with Crippen molar-refractivity contribution in [3.63, 3.8) is 0 Å². The number of nitrogens with zero attached hydrogens (tertiary/aromatic N) is 1. The van der Waals surface area contributed by atoms with Crippen LogP contribution in [0, 0.1) is 6.92 Å². The average molecular weight is 310 g/mol. The van der Waals surface area contributed by atoms with Crippen LogP contribution in [0.5, 0.6) is 0 Å². The molecule has 0 aliphatic heterocycles. The van der Waals surface area contributed by atoms with Crippen molar-refractivity contribution >= 4 is 21.4 Å². The normalized spacial score (nSPS) is 12.0. The Labute approximate surface area is 123 Å². The number of benzene rings is 1. The lowest BCUT2D eigenvalue weighted by Gasteiger charge is -2.05. The Morgan fingerprint density at radius 2 is 1.90 bits per heavy atom. The van der Waals surface area contributed by atoms with E-state index in [2.05, 4.69) is 23.6 Å². The van der Waals surface area contributed by atoms with Gasteiger partial charge in [-0.25, -0.2) is 18.1 Å². The molecule has 20 heavy (non-hydrogen) atoms. The molecule has 0 saturated heterocycles. The molecule has 0 amide bonds. The number of thiazole rings is 1. The number of hydrogen-bond donors (Lipinski definition) is 1. The second-order valence-electron chi connectivity index (χ2n) is 4.97. The first-order chi connectivity index (χ1) is 9.38. The molecule has 0 saturated carbocycles. The van der Waals surface area contributed by atoms with Gasteiger partial charge in [0.1, 0.15) is 0 Å². The van der Waals surface area contributed by atoms with Gasteiger partial charge in [0.15, 0.2) is 0 Å². The van der Waals surface area contributed by atoms with Crippen molar-refractivity contribution in [3.05, 3.63) is 45.9 Å². The molecule has 6 heteroatoms. The van der Waals surface area contributed by atoms with Crippen LogP contribution < -0.4 is 4.72 Å². The van der Waals surface area contributed by atoms with E-state index in [9.17, 15) is 8.42 Å². The van der Waals surface area contributed by atoms with E-state index >= 15 is 0 Å². The summed E-state index contributed by atoms with van der Waals surface area (Å²) >= 11 is 1.56. The minimum atomic E-state index is -3.47. The van der Waals surface area contributed by atoms with Crippen LogP contribution in [0.1, 0.15) is 36.0 Å². The van der Waals surface area contributed by atoms with Crippen molar-refractivity contribution < 1.29 is 8.42 Å². The van der Waals surface area contributed by atoms with E-state index < -0.39 is 10.0 Å². The average Bonchev–Trinajstić information content (AvgIpc) is 2.86. The molecular formula is C14H18N2O2S2. The summed E-state index contributed by atoms with van der Waals surface area (Å²) in [5, 5.41) is 2.92. The SMILES string of the molecule is Cc1ccc(S(=O)(=O)NCc2csc(C(C)C)n2)cc1. The lowest BCUT2D eigenvalue weighted by atomic mass is 10.2. The summed E-state index contributed by atoms with van der Waals surface area (Å²) in [6, 6.07) is 6.79. The summed E-state index contributed by atoms with van der Waals surface area (Å²) in [6.45, 7) is 6.28. The van der Waals surface area contributed by atoms with Crippen LogP contribution in [0.4, 0.5) is 0 Å². The van der Waals surface area contributed by atoms with E-state index in [1.54, 1.807) is 35.6 Å². The van der Waals surface area contributed by atoms with Crippen molar-refractivity contribution in [2.45, 2.75) is 38.1 Å². The van der Waals surface area contributed by atoms with Crippen LogP contribution in [0.3, 0.4) is 0 Å². The van der Waals surface area contributed by atoms with Crippen molar-refractivity contribution in [1.29, 1.82) is 0 Å². The van der Waals surface area contributed by atoms with Crippen molar-refractivity contribution in [3.8, 4) is 0 Å². The van der Waals surface area contributed by atoms with Gasteiger partial charge in [0.05, 0.1) is 22.1 Å². The van der Waals surface area contributed by atoms with Crippen LogP contribution >= 0.6 is 11.3 Å². The van der Waals surface area contributed by atoms with E-state index in [1.165, 1.54) is 0 Å². The predicted octanol–water partition coefficient (Wildman–Crippen LogP) is 3.05. The summed E-state index contributed by atoms with van der Waals surface area (Å²) in [6.07, 6.45) is 0. The molecule has 0 fully saturated rings. The first-order valence-corrected chi connectivity index (χ1v) is 8.75. The second-order valence-corrected chi connectivity index (χ2v) is 7.63. The van der Waals surface area contributed by atoms with Crippen molar-refractivity contribution in [2.24, 2.45) is 0 Å². The maximum atomic E-state index is 12.1. The fourth-order valence-corrected chi connectivity index (χ4v) is 3.47. The van der Waals surface area contributed by atoms with Crippen LogP contribution in [0.25, 0.3) is 0 Å². The highest BCUT2D eigenvalue weighted by atomic mass is 32.2. The van der Waals surface area contributed by atoms with Gasteiger partial charge < -0.3 is 0 Å². The summed E-state index contributed by atoms with van der Waals surface area (Å²) in [4.78, 5) is 4.69. The van der Waals surface area contributed by atoms with E-state index in [0.29, 0.717) is 5.92 Å². The monoisotopic (exact) mass is 310 g/mol. The maximum absolute atomic E-state index is 12.1. The Balaban J connectivity index is 2.07. The van der Waals surface area contributed by atoms with Gasteiger partial charge in [-0.3, -0.25) is 0 Å². The summed E-state index contributed by atoms with van der Waals surface area (Å²) in [7, 11) is -3.47. The van der Waals surface area contributed by atoms with Crippen LogP contribution in [-0.4, -0.2) is 13.4 Å². The highest BCUT2D eigenvalue weighted by Crippen LogP contribution is 2.19. The number of aromatic nitrogens is 1. The van der Waals surface area contributed by atoms with E-state index in [-0.39, 0.29) is 11.4 Å². The number of hydrogen-bond acceptors (Lipinski definition) is 4. The largest absolute Gasteiger partial charge is 0.245 e. The minimum absolute atomic E-state index is 0.222. The minimum Gasteiger partial charge on any atom is -0.245 e.